The van der Waals surface area contributed by atoms with Gasteiger partial charge < -0.3 is 16.4 Å². The van der Waals surface area contributed by atoms with Crippen LogP contribution in [0.3, 0.4) is 0 Å². The summed E-state index contributed by atoms with van der Waals surface area (Å²) in [6.45, 7) is 4.00. The summed E-state index contributed by atoms with van der Waals surface area (Å²) in [6, 6.07) is 22.9. The molecule has 0 saturated heterocycles. The Morgan fingerprint density at radius 3 is 2.47 bits per heavy atom. The lowest BCUT2D eigenvalue weighted by atomic mass is 10.1. The van der Waals surface area contributed by atoms with Gasteiger partial charge in [-0.15, -0.1) is 0 Å². The van der Waals surface area contributed by atoms with E-state index < -0.39 is 11.9 Å². The largest absolute Gasteiger partial charge is 0.382 e. The van der Waals surface area contributed by atoms with Gasteiger partial charge in [0, 0.05) is 17.8 Å². The van der Waals surface area contributed by atoms with E-state index in [0.29, 0.717) is 52.5 Å². The van der Waals surface area contributed by atoms with Crippen LogP contribution in [-0.4, -0.2) is 30.6 Å². The zero-order valence-corrected chi connectivity index (χ0v) is 23.5. The number of anilines is 3. The Kier molecular flexibility index (Phi) is 8.27. The number of nitrogens with zero attached hydrogens (tertiary/aromatic N) is 5. The molecule has 2 aromatic heterocycles. The summed E-state index contributed by atoms with van der Waals surface area (Å²) in [5.74, 6) is 0.592. The third-order valence-corrected chi connectivity index (χ3v) is 6.93. The summed E-state index contributed by atoms with van der Waals surface area (Å²) in [4.78, 5) is 39.4. The van der Waals surface area contributed by atoms with Gasteiger partial charge in [0.25, 0.3) is 11.5 Å². The summed E-state index contributed by atoms with van der Waals surface area (Å²) >= 11 is 0. The highest BCUT2D eigenvalue weighted by Crippen LogP contribution is 2.28. The molecule has 0 unspecified atom stereocenters. The second-order valence-electron chi connectivity index (χ2n) is 9.73. The lowest BCUT2D eigenvalue weighted by Gasteiger charge is -2.23. The van der Waals surface area contributed by atoms with Crippen molar-refractivity contribution in [2.75, 3.05) is 16.4 Å². The number of carbonyl (C=O) groups is 1. The molecular weight excluding hydrogens is 546 g/mol. The van der Waals surface area contributed by atoms with E-state index in [1.54, 1.807) is 47.3 Å². The summed E-state index contributed by atoms with van der Waals surface area (Å²) in [6.07, 6.45) is 0.515. The Labute approximate surface area is 246 Å². The smallest absolute Gasteiger partial charge is 0.274 e. The Morgan fingerprint density at radius 2 is 1.79 bits per heavy atom. The van der Waals surface area contributed by atoms with Crippen molar-refractivity contribution in [3.8, 4) is 11.8 Å². The number of amides is 1. The van der Waals surface area contributed by atoms with Crippen molar-refractivity contribution in [2.24, 2.45) is 0 Å². The van der Waals surface area contributed by atoms with Gasteiger partial charge in [-0.1, -0.05) is 43.3 Å². The number of hydrogen-bond donors (Lipinski definition) is 5. The number of hydrogen-bond acceptors (Lipinski definition) is 10. The maximum absolute atomic E-state index is 14.3. The van der Waals surface area contributed by atoms with Crippen LogP contribution < -0.4 is 27.4 Å². The Hall–Kier alpha value is -5.80. The number of benzene rings is 3. The molecule has 0 aliphatic rings. The van der Waals surface area contributed by atoms with E-state index in [1.807, 2.05) is 49.4 Å². The second kappa shape index (κ2) is 12.4. The van der Waals surface area contributed by atoms with Crippen LogP contribution >= 0.6 is 0 Å². The molecule has 0 aliphatic carbocycles. The predicted octanol–water partition coefficient (Wildman–Crippen LogP) is 4.23. The van der Waals surface area contributed by atoms with Crippen molar-refractivity contribution >= 4 is 34.1 Å². The van der Waals surface area contributed by atoms with Crippen LogP contribution in [0.15, 0.2) is 77.6 Å². The van der Waals surface area contributed by atoms with E-state index in [0.717, 1.165) is 5.56 Å². The van der Waals surface area contributed by atoms with Crippen molar-refractivity contribution in [1.29, 1.82) is 5.26 Å². The van der Waals surface area contributed by atoms with Crippen LogP contribution in [0.5, 0.6) is 0 Å². The van der Waals surface area contributed by atoms with Crippen LogP contribution in [0.25, 0.3) is 16.6 Å². The maximum atomic E-state index is 14.3. The molecule has 216 valence electrons. The molecule has 12 nitrogen and oxygen atoms in total. The zero-order valence-electron chi connectivity index (χ0n) is 23.5. The first-order valence-corrected chi connectivity index (χ1v) is 13.5. The normalized spacial score (nSPS) is 11.5. The molecule has 2 heterocycles. The van der Waals surface area contributed by atoms with Crippen LogP contribution in [0.2, 0.25) is 0 Å². The van der Waals surface area contributed by atoms with Crippen LogP contribution in [0.1, 0.15) is 52.5 Å². The molecule has 12 heteroatoms. The minimum Gasteiger partial charge on any atom is -0.382 e. The number of aryl methyl sites for hydroxylation is 1. The average molecular weight is 576 g/mol. The lowest BCUT2D eigenvalue weighted by Crippen LogP contribution is -2.29. The van der Waals surface area contributed by atoms with Gasteiger partial charge in [-0.25, -0.2) is 20.4 Å². The Bertz CT molecular complexity index is 1900. The van der Waals surface area contributed by atoms with Crippen molar-refractivity contribution in [1.82, 2.24) is 25.0 Å². The highest BCUT2D eigenvalue weighted by atomic mass is 16.5. The second-order valence-corrected chi connectivity index (χ2v) is 9.73. The number of hydroxylamine groups is 1. The average Bonchev–Trinajstić information content (AvgIpc) is 3.02. The third-order valence-electron chi connectivity index (χ3n) is 6.93. The molecule has 3 aromatic carbocycles. The number of nitriles is 1. The van der Waals surface area contributed by atoms with Gasteiger partial charge in [0.2, 0.25) is 0 Å². The van der Waals surface area contributed by atoms with Crippen molar-refractivity contribution in [2.45, 2.75) is 32.9 Å². The van der Waals surface area contributed by atoms with Gasteiger partial charge in [0.1, 0.15) is 29.1 Å². The Morgan fingerprint density at radius 1 is 1.05 bits per heavy atom. The Balaban J connectivity index is 1.60. The molecule has 5 aromatic rings. The van der Waals surface area contributed by atoms with Gasteiger partial charge in [0.05, 0.1) is 22.6 Å². The van der Waals surface area contributed by atoms with E-state index in [-0.39, 0.29) is 22.8 Å². The van der Waals surface area contributed by atoms with Crippen LogP contribution in [0.4, 0.5) is 17.3 Å². The lowest BCUT2D eigenvalue weighted by molar-refractivity contribution is 0.0706. The molecule has 5 rings (SSSR count). The van der Waals surface area contributed by atoms with Gasteiger partial charge in [0.15, 0.2) is 5.82 Å². The van der Waals surface area contributed by atoms with E-state index in [9.17, 15) is 14.9 Å². The number of fused-ring (bicyclic) bond motifs is 1. The minimum absolute atomic E-state index is 0.0706. The SMILES string of the molecule is CC[C@H](Nc1nc(C)nc(N)c1C#N)c1nc2cccc(NCc3ccc(C(=O)NO)cc3)c2c(=O)n1-c1ccccc1. The number of nitrogen functional groups attached to an aromatic ring is 1. The zero-order chi connectivity index (χ0) is 30.5. The number of nitrogens with one attached hydrogen (secondary N) is 3. The molecule has 6 N–H and O–H groups in total. The fourth-order valence-electron chi connectivity index (χ4n) is 4.81. The van der Waals surface area contributed by atoms with E-state index >= 15 is 0 Å². The first-order valence-electron chi connectivity index (χ1n) is 13.5. The molecule has 0 aliphatic heterocycles. The monoisotopic (exact) mass is 575 g/mol. The van der Waals surface area contributed by atoms with E-state index in [1.165, 1.54) is 0 Å². The van der Waals surface area contributed by atoms with Crippen molar-refractivity contribution in [3.05, 3.63) is 111 Å². The molecule has 0 radical (unpaired) electrons. The van der Waals surface area contributed by atoms with Crippen molar-refractivity contribution < 1.29 is 10.0 Å². The third kappa shape index (κ3) is 5.83. The highest BCUT2D eigenvalue weighted by Gasteiger charge is 2.23. The molecule has 0 bridgehead atoms. The fourth-order valence-corrected chi connectivity index (χ4v) is 4.81. The first kappa shape index (κ1) is 28.7. The quantitative estimate of drug-likeness (QED) is 0.126. The molecular formula is C31H29N9O3. The number of nitrogens with two attached hydrogens (primary N) is 1. The molecule has 0 spiro atoms. The van der Waals surface area contributed by atoms with Gasteiger partial charge >= 0.3 is 0 Å². The van der Waals surface area contributed by atoms with Crippen LogP contribution in [-0.2, 0) is 6.54 Å². The van der Waals surface area contributed by atoms with Gasteiger partial charge in [-0.2, -0.15) is 5.26 Å². The van der Waals surface area contributed by atoms with Gasteiger partial charge in [-0.3, -0.25) is 19.4 Å². The van der Waals surface area contributed by atoms with Crippen LogP contribution in [0, 0.1) is 18.3 Å². The minimum atomic E-state index is -0.598. The van der Waals surface area contributed by atoms with Gasteiger partial charge in [-0.05, 0) is 55.3 Å². The molecule has 1 amide bonds. The topological polar surface area (TPSA) is 184 Å². The standard InChI is InChI=1S/C31H29N9O3/c1-3-23(37-28-22(16-32)27(33)35-18(2)36-28)29-38-25-11-7-10-24(26(25)31(42)40(29)21-8-5-4-6-9-21)34-17-19-12-14-20(15-13-19)30(41)39-43/h4-15,23,34,43H,3,17H2,1-2H3,(H,39,41)(H3,33,35,36,37)/t23-/m0/s1. The number of para-hydroxylation sites is 1. The summed E-state index contributed by atoms with van der Waals surface area (Å²) in [5.41, 5.74) is 10.4. The molecule has 0 fully saturated rings. The van der Waals surface area contributed by atoms with E-state index in [2.05, 4.69) is 26.7 Å². The fraction of sp³-hybridized carbons (Fsp3) is 0.161. The number of rotatable bonds is 9. The summed E-state index contributed by atoms with van der Waals surface area (Å²) in [7, 11) is 0. The predicted molar refractivity (Wildman–Crippen MR) is 163 cm³/mol. The molecule has 43 heavy (non-hydrogen) atoms. The highest BCUT2D eigenvalue weighted by molar-refractivity contribution is 5.93. The summed E-state index contributed by atoms with van der Waals surface area (Å²) < 4.78 is 1.57. The first-order chi connectivity index (χ1) is 20.8. The van der Waals surface area contributed by atoms with Crippen molar-refractivity contribution in [3.63, 3.8) is 0 Å². The van der Waals surface area contributed by atoms with E-state index in [4.69, 9.17) is 15.9 Å². The maximum Gasteiger partial charge on any atom is 0.274 e. The summed E-state index contributed by atoms with van der Waals surface area (Å²) in [5, 5.41) is 25.6. The molecule has 0 saturated carbocycles. The molecule has 1 atom stereocenters. The number of carbonyl (C=O) groups excluding carboxylic acids is 1. The number of aromatic nitrogens is 4.